The summed E-state index contributed by atoms with van der Waals surface area (Å²) in [6, 6.07) is 80.2. The van der Waals surface area contributed by atoms with E-state index in [0.717, 1.165) is 44.1 Å². The van der Waals surface area contributed by atoms with Crippen LogP contribution in [-0.2, 0) is 5.41 Å². The predicted octanol–water partition coefficient (Wildman–Crippen LogP) is 17.9. The minimum atomic E-state index is -0.499. The van der Waals surface area contributed by atoms with Crippen LogP contribution in [0.2, 0.25) is 0 Å². The Morgan fingerprint density at radius 3 is 1.41 bits per heavy atom. The third-order valence-electron chi connectivity index (χ3n) is 14.5. The van der Waals surface area contributed by atoms with E-state index in [2.05, 4.69) is 218 Å². The highest BCUT2D eigenvalue weighted by atomic mass is 32.1. The summed E-state index contributed by atoms with van der Waals surface area (Å²) in [6.45, 7) is 0. The Kier molecular flexibility index (Phi) is 7.34. The van der Waals surface area contributed by atoms with E-state index in [9.17, 15) is 0 Å². The van der Waals surface area contributed by atoms with Gasteiger partial charge >= 0.3 is 0 Å². The standard InChI is InChI=1S/C63H36O2S/c1-3-15-39(16-4-1)63(40-17-5-2-6-18-40)49-25-13-11-23-45(49)59-50(63)29-32-53-60(59)47-35-37(27-30-51(47)64-53)57-41-19-7-9-21-43(41)58(44-22-10-8-20-42(44)57)38-28-31-52-48(36-38)61-54(65-52)33-34-56-62(61)46-24-12-14-26-55(46)66-56/h1-36H. The van der Waals surface area contributed by atoms with Gasteiger partial charge in [-0.2, -0.15) is 0 Å². The molecule has 3 aromatic heterocycles. The second-order valence-corrected chi connectivity index (χ2v) is 18.8. The summed E-state index contributed by atoms with van der Waals surface area (Å²) in [5.74, 6) is 0. The lowest BCUT2D eigenvalue weighted by atomic mass is 9.67. The quantitative estimate of drug-likeness (QED) is 0.165. The molecule has 15 rings (SSSR count). The molecule has 11 aromatic carbocycles. The van der Waals surface area contributed by atoms with Crippen LogP contribution < -0.4 is 0 Å². The molecule has 0 atom stereocenters. The number of rotatable bonds is 4. The van der Waals surface area contributed by atoms with Crippen LogP contribution in [0.3, 0.4) is 0 Å². The van der Waals surface area contributed by atoms with Crippen molar-refractivity contribution in [3.8, 4) is 33.4 Å². The fourth-order valence-electron chi connectivity index (χ4n) is 11.9. The third-order valence-corrected chi connectivity index (χ3v) is 15.7. The molecule has 1 aliphatic rings. The van der Waals surface area contributed by atoms with E-state index in [-0.39, 0.29) is 0 Å². The Morgan fingerprint density at radius 1 is 0.303 bits per heavy atom. The Hall–Kier alpha value is -8.24. The molecule has 0 spiro atoms. The average molecular weight is 857 g/mol. The number of benzene rings is 11. The molecule has 0 aliphatic heterocycles. The first kappa shape index (κ1) is 36.1. The van der Waals surface area contributed by atoms with Crippen LogP contribution in [0.4, 0.5) is 0 Å². The molecule has 0 amide bonds. The maximum absolute atomic E-state index is 6.81. The summed E-state index contributed by atoms with van der Waals surface area (Å²) in [5.41, 5.74) is 15.4. The molecule has 66 heavy (non-hydrogen) atoms. The van der Waals surface area contributed by atoms with Crippen LogP contribution >= 0.6 is 11.3 Å². The smallest absolute Gasteiger partial charge is 0.136 e. The van der Waals surface area contributed by atoms with Crippen LogP contribution in [0, 0.1) is 0 Å². The van der Waals surface area contributed by atoms with E-state index < -0.39 is 5.41 Å². The SMILES string of the molecule is c1ccc(C2(c3ccccc3)c3ccccc3-c3c2ccc2oc4ccc(-c5c6ccccc6c(-c6ccc7oc8ccc9sc%10ccccc%10c9c8c7c6)c6ccccc56)cc4c32)cc1. The maximum atomic E-state index is 6.81. The Morgan fingerprint density at radius 2 is 0.788 bits per heavy atom. The Bertz CT molecular complexity index is 4240. The van der Waals surface area contributed by atoms with Crippen LogP contribution in [0.5, 0.6) is 0 Å². The molecule has 0 saturated carbocycles. The van der Waals surface area contributed by atoms with Gasteiger partial charge in [-0.15, -0.1) is 11.3 Å². The molecule has 3 heterocycles. The van der Waals surface area contributed by atoms with Gasteiger partial charge in [0.15, 0.2) is 0 Å². The fourth-order valence-corrected chi connectivity index (χ4v) is 13.1. The van der Waals surface area contributed by atoms with Crippen molar-refractivity contribution in [3.05, 3.63) is 241 Å². The summed E-state index contributed by atoms with van der Waals surface area (Å²) in [5, 5.41) is 12.0. The summed E-state index contributed by atoms with van der Waals surface area (Å²) in [7, 11) is 0. The number of furan rings is 2. The van der Waals surface area contributed by atoms with Gasteiger partial charge in [0, 0.05) is 41.7 Å². The van der Waals surface area contributed by atoms with Crippen molar-refractivity contribution >= 4 is 96.9 Å². The molecule has 1 aliphatic carbocycles. The van der Waals surface area contributed by atoms with E-state index in [1.165, 1.54) is 97.2 Å². The molecule has 0 fully saturated rings. The monoisotopic (exact) mass is 856 g/mol. The normalized spacial score (nSPS) is 13.3. The van der Waals surface area contributed by atoms with E-state index in [1.54, 1.807) is 0 Å². The van der Waals surface area contributed by atoms with Gasteiger partial charge in [0.2, 0.25) is 0 Å². The van der Waals surface area contributed by atoms with Crippen LogP contribution in [0.15, 0.2) is 227 Å². The number of thiophene rings is 1. The van der Waals surface area contributed by atoms with E-state index in [0.29, 0.717) is 0 Å². The minimum absolute atomic E-state index is 0.499. The van der Waals surface area contributed by atoms with Crippen molar-refractivity contribution in [2.75, 3.05) is 0 Å². The molecule has 0 saturated heterocycles. The first-order valence-electron chi connectivity index (χ1n) is 22.7. The Balaban J connectivity index is 0.988. The molecule has 0 radical (unpaired) electrons. The number of fused-ring (bicyclic) bond motifs is 16. The van der Waals surface area contributed by atoms with Crippen LogP contribution in [-0.4, -0.2) is 0 Å². The highest BCUT2D eigenvalue weighted by molar-refractivity contribution is 7.26. The lowest BCUT2D eigenvalue weighted by Gasteiger charge is -2.33. The molecule has 0 unspecified atom stereocenters. The molecule has 3 heteroatoms. The fraction of sp³-hybridized carbons (Fsp3) is 0.0159. The molecule has 0 N–H and O–H groups in total. The van der Waals surface area contributed by atoms with E-state index >= 15 is 0 Å². The first-order valence-corrected chi connectivity index (χ1v) is 23.5. The minimum Gasteiger partial charge on any atom is -0.456 e. The second kappa shape index (κ2) is 13.4. The highest BCUT2D eigenvalue weighted by Crippen LogP contribution is 2.59. The van der Waals surface area contributed by atoms with Gasteiger partial charge in [-0.3, -0.25) is 0 Å². The predicted molar refractivity (Wildman–Crippen MR) is 277 cm³/mol. The first-order chi connectivity index (χ1) is 32.7. The third kappa shape index (κ3) is 4.74. The Labute approximate surface area is 383 Å². The van der Waals surface area contributed by atoms with Gasteiger partial charge in [0.1, 0.15) is 22.3 Å². The van der Waals surface area contributed by atoms with Crippen molar-refractivity contribution in [2.24, 2.45) is 0 Å². The largest absolute Gasteiger partial charge is 0.456 e. The van der Waals surface area contributed by atoms with Crippen LogP contribution in [0.25, 0.3) is 119 Å². The zero-order valence-electron chi connectivity index (χ0n) is 35.5. The van der Waals surface area contributed by atoms with Crippen molar-refractivity contribution in [3.63, 3.8) is 0 Å². The van der Waals surface area contributed by atoms with Crippen molar-refractivity contribution in [1.82, 2.24) is 0 Å². The summed E-state index contributed by atoms with van der Waals surface area (Å²) in [6.07, 6.45) is 0. The van der Waals surface area contributed by atoms with Gasteiger partial charge in [-0.25, -0.2) is 0 Å². The molecular weight excluding hydrogens is 821 g/mol. The zero-order valence-corrected chi connectivity index (χ0v) is 36.3. The number of hydrogen-bond acceptors (Lipinski definition) is 3. The van der Waals surface area contributed by atoms with Gasteiger partial charge in [0.05, 0.1) is 5.41 Å². The molecule has 2 nitrogen and oxygen atoms in total. The summed E-state index contributed by atoms with van der Waals surface area (Å²) in [4.78, 5) is 0. The summed E-state index contributed by atoms with van der Waals surface area (Å²) < 4.78 is 16.0. The topological polar surface area (TPSA) is 26.3 Å². The second-order valence-electron chi connectivity index (χ2n) is 17.8. The van der Waals surface area contributed by atoms with E-state index in [4.69, 9.17) is 8.83 Å². The highest BCUT2D eigenvalue weighted by Gasteiger charge is 2.47. The molecule has 306 valence electrons. The average Bonchev–Trinajstić information content (AvgIpc) is 4.13. The van der Waals surface area contributed by atoms with Crippen molar-refractivity contribution in [2.45, 2.75) is 5.41 Å². The number of hydrogen-bond donors (Lipinski definition) is 0. The van der Waals surface area contributed by atoms with Gasteiger partial charge in [0.25, 0.3) is 0 Å². The lowest BCUT2D eigenvalue weighted by molar-refractivity contribution is 0.668. The van der Waals surface area contributed by atoms with Crippen molar-refractivity contribution < 1.29 is 8.83 Å². The van der Waals surface area contributed by atoms with Crippen molar-refractivity contribution in [1.29, 1.82) is 0 Å². The van der Waals surface area contributed by atoms with Gasteiger partial charge < -0.3 is 8.83 Å². The van der Waals surface area contributed by atoms with Gasteiger partial charge in [-0.05, 0) is 126 Å². The van der Waals surface area contributed by atoms with E-state index in [1.807, 2.05) is 11.3 Å². The maximum Gasteiger partial charge on any atom is 0.136 e. The molecule has 0 bridgehead atoms. The molecule has 14 aromatic rings. The molecular formula is C63H36O2S. The van der Waals surface area contributed by atoms with Gasteiger partial charge in [-0.1, -0.05) is 170 Å². The summed E-state index contributed by atoms with van der Waals surface area (Å²) >= 11 is 1.85. The zero-order chi connectivity index (χ0) is 43.1. The lowest BCUT2D eigenvalue weighted by Crippen LogP contribution is -2.28. The van der Waals surface area contributed by atoms with Crippen LogP contribution in [0.1, 0.15) is 22.3 Å².